The monoisotopic (exact) mass is 442 g/mol. The van der Waals surface area contributed by atoms with Crippen LogP contribution in [0.25, 0.3) is 0 Å². The van der Waals surface area contributed by atoms with Crippen LogP contribution in [0.4, 0.5) is 5.69 Å². The van der Waals surface area contributed by atoms with Gasteiger partial charge in [-0.3, -0.25) is 4.79 Å². The van der Waals surface area contributed by atoms with Gasteiger partial charge >= 0.3 is 5.97 Å². The molecule has 0 aliphatic carbocycles. The molecule has 0 unspecified atom stereocenters. The molecule has 0 bridgehead atoms. The van der Waals surface area contributed by atoms with E-state index >= 15 is 0 Å². The van der Waals surface area contributed by atoms with Gasteiger partial charge in [-0.25, -0.2) is 13.2 Å². The number of amides is 1. The number of piperidine rings is 1. The van der Waals surface area contributed by atoms with Gasteiger partial charge in [-0.05, 0) is 42.5 Å². The number of sulfonamides is 1. The molecule has 1 aliphatic heterocycles. The van der Waals surface area contributed by atoms with E-state index < -0.39 is 21.9 Å². The van der Waals surface area contributed by atoms with Crippen molar-refractivity contribution in [1.29, 1.82) is 0 Å². The number of methoxy groups -OCH3 is 1. The maximum Gasteiger partial charge on any atom is 0.339 e. The Balaban J connectivity index is 1.85. The van der Waals surface area contributed by atoms with Gasteiger partial charge in [0.25, 0.3) is 5.91 Å². The lowest BCUT2D eigenvalue weighted by Gasteiger charge is -2.25. The average molecular weight is 443 g/mol. The smallest absolute Gasteiger partial charge is 0.339 e. The Kier molecular flexibility index (Phi) is 6.39. The second kappa shape index (κ2) is 8.60. The van der Waals surface area contributed by atoms with Gasteiger partial charge < -0.3 is 10.1 Å². The first kappa shape index (κ1) is 20.8. The van der Waals surface area contributed by atoms with Gasteiger partial charge in [0.05, 0.1) is 17.7 Å². The number of ether oxygens (including phenoxy) is 1. The number of hydrogen-bond donors (Lipinski definition) is 1. The topological polar surface area (TPSA) is 92.8 Å². The van der Waals surface area contributed by atoms with Gasteiger partial charge in [-0.2, -0.15) is 4.31 Å². The van der Waals surface area contributed by atoms with E-state index in [9.17, 15) is 18.0 Å². The Morgan fingerprint density at radius 1 is 1.18 bits per heavy atom. The number of nitrogens with zero attached hydrogens (tertiary/aromatic N) is 1. The summed E-state index contributed by atoms with van der Waals surface area (Å²) in [5.74, 6) is -1.20. The lowest BCUT2D eigenvalue weighted by molar-refractivity contribution is 0.0600. The fraction of sp³-hybridized carbons (Fsp3) is 0.333. The predicted molar refractivity (Wildman–Crippen MR) is 108 cm³/mol. The summed E-state index contributed by atoms with van der Waals surface area (Å²) in [6.07, 6.45) is 2.63. The first-order valence-corrected chi connectivity index (χ1v) is 11.3. The minimum Gasteiger partial charge on any atom is -0.465 e. The molecule has 150 valence electrons. The maximum atomic E-state index is 12.9. The first-order chi connectivity index (χ1) is 13.3. The fourth-order valence-electron chi connectivity index (χ4n) is 2.97. The average Bonchev–Trinajstić information content (AvgIpc) is 3.20. The molecule has 1 fully saturated rings. The molecule has 2 heterocycles. The summed E-state index contributed by atoms with van der Waals surface area (Å²) in [7, 11) is -2.50. The second-order valence-electron chi connectivity index (χ2n) is 6.22. The zero-order chi connectivity index (χ0) is 20.3. The molecule has 1 N–H and O–H groups in total. The van der Waals surface area contributed by atoms with Crippen molar-refractivity contribution >= 4 is 50.5 Å². The van der Waals surface area contributed by atoms with E-state index in [0.29, 0.717) is 18.8 Å². The van der Waals surface area contributed by atoms with Gasteiger partial charge in [-0.1, -0.05) is 18.0 Å². The Hall–Kier alpha value is -1.94. The van der Waals surface area contributed by atoms with E-state index in [1.807, 2.05) is 0 Å². The molecule has 28 heavy (non-hydrogen) atoms. The fourth-order valence-corrected chi connectivity index (χ4v) is 5.98. The number of halogens is 1. The summed E-state index contributed by atoms with van der Waals surface area (Å²) in [5.41, 5.74) is 0.416. The summed E-state index contributed by atoms with van der Waals surface area (Å²) in [4.78, 5) is 24.6. The van der Waals surface area contributed by atoms with Gasteiger partial charge in [0.1, 0.15) is 9.77 Å². The van der Waals surface area contributed by atoms with Gasteiger partial charge in [0.15, 0.2) is 0 Å². The third-order valence-corrected chi connectivity index (χ3v) is 7.71. The maximum absolute atomic E-state index is 12.9. The van der Waals surface area contributed by atoms with Gasteiger partial charge in [0, 0.05) is 18.8 Å². The number of anilines is 1. The van der Waals surface area contributed by atoms with Crippen molar-refractivity contribution < 1.29 is 22.7 Å². The van der Waals surface area contributed by atoms with Crippen molar-refractivity contribution in [2.24, 2.45) is 0 Å². The van der Waals surface area contributed by atoms with Crippen molar-refractivity contribution in [2.45, 2.75) is 24.2 Å². The molecular formula is C18H19ClN2O5S2. The lowest BCUT2D eigenvalue weighted by atomic mass is 10.2. The van der Waals surface area contributed by atoms with E-state index in [4.69, 9.17) is 11.6 Å². The van der Waals surface area contributed by atoms with Crippen LogP contribution < -0.4 is 5.32 Å². The SMILES string of the molecule is COC(=O)c1cc(NC(=O)c2sccc2S(=O)(=O)N2CCCCC2)ccc1Cl. The number of thiophene rings is 1. The third-order valence-electron chi connectivity index (χ3n) is 4.40. The molecule has 1 aromatic heterocycles. The standard InChI is InChI=1S/C18H19ClN2O5S2/c1-26-18(23)13-11-12(5-6-14(13)19)20-17(22)16-15(7-10-27-16)28(24,25)21-8-3-2-4-9-21/h5-7,10-11H,2-4,8-9H2,1H3,(H,20,22). The molecule has 7 nitrogen and oxygen atoms in total. The Bertz CT molecular complexity index is 997. The number of hydrogen-bond acceptors (Lipinski definition) is 6. The summed E-state index contributed by atoms with van der Waals surface area (Å²) >= 11 is 7.03. The Labute approximate surface area is 172 Å². The quantitative estimate of drug-likeness (QED) is 0.714. The molecule has 1 amide bonds. The van der Waals surface area contributed by atoms with Crippen molar-refractivity contribution in [1.82, 2.24) is 4.31 Å². The highest BCUT2D eigenvalue weighted by Gasteiger charge is 2.31. The van der Waals surface area contributed by atoms with E-state index in [2.05, 4.69) is 10.1 Å². The molecule has 3 rings (SSSR count). The van der Waals surface area contributed by atoms with Crippen molar-refractivity contribution in [3.63, 3.8) is 0 Å². The Morgan fingerprint density at radius 3 is 2.57 bits per heavy atom. The third kappa shape index (κ3) is 4.22. The second-order valence-corrected chi connectivity index (χ2v) is 9.45. The highest BCUT2D eigenvalue weighted by molar-refractivity contribution is 7.89. The van der Waals surface area contributed by atoms with Gasteiger partial charge in [-0.15, -0.1) is 11.3 Å². The zero-order valence-corrected chi connectivity index (χ0v) is 17.5. The molecule has 10 heteroatoms. The van der Waals surface area contributed by atoms with Crippen LogP contribution in [-0.2, 0) is 14.8 Å². The van der Waals surface area contributed by atoms with E-state index in [-0.39, 0.29) is 20.4 Å². The first-order valence-electron chi connectivity index (χ1n) is 8.61. The molecule has 2 aromatic rings. The molecule has 1 aliphatic rings. The molecule has 0 spiro atoms. The number of rotatable bonds is 5. The number of esters is 1. The molecular weight excluding hydrogens is 424 g/mol. The van der Waals surface area contributed by atoms with Crippen molar-refractivity contribution in [2.75, 3.05) is 25.5 Å². The van der Waals surface area contributed by atoms with E-state index in [1.54, 1.807) is 5.38 Å². The van der Waals surface area contributed by atoms with Crippen LogP contribution in [-0.4, -0.2) is 44.8 Å². The number of carbonyl (C=O) groups is 2. The van der Waals surface area contributed by atoms with Crippen molar-refractivity contribution in [3.8, 4) is 0 Å². The van der Waals surface area contributed by atoms with Gasteiger partial charge in [0.2, 0.25) is 10.0 Å². The summed E-state index contributed by atoms with van der Waals surface area (Å²) in [5, 5.41) is 4.39. The lowest BCUT2D eigenvalue weighted by Crippen LogP contribution is -2.36. The summed E-state index contributed by atoms with van der Waals surface area (Å²) < 4.78 is 31.9. The highest BCUT2D eigenvalue weighted by Crippen LogP contribution is 2.29. The van der Waals surface area contributed by atoms with E-state index in [1.165, 1.54) is 35.7 Å². The molecule has 0 saturated carbocycles. The number of carbonyl (C=O) groups excluding carboxylic acids is 2. The summed E-state index contributed by atoms with van der Waals surface area (Å²) in [6, 6.07) is 5.83. The normalized spacial score (nSPS) is 15.2. The van der Waals surface area contributed by atoms with Crippen LogP contribution in [0.5, 0.6) is 0 Å². The van der Waals surface area contributed by atoms with Crippen LogP contribution in [0.15, 0.2) is 34.5 Å². The Morgan fingerprint density at radius 2 is 1.89 bits per heavy atom. The molecule has 0 atom stereocenters. The van der Waals surface area contributed by atoms with E-state index in [0.717, 1.165) is 30.6 Å². The number of benzene rings is 1. The van der Waals surface area contributed by atoms with Crippen molar-refractivity contribution in [3.05, 3.63) is 45.1 Å². The molecule has 1 saturated heterocycles. The van der Waals surface area contributed by atoms with Crippen LogP contribution in [0.1, 0.15) is 39.3 Å². The minimum atomic E-state index is -3.73. The van der Waals surface area contributed by atoms with Crippen LogP contribution in [0.2, 0.25) is 5.02 Å². The predicted octanol–water partition coefficient (Wildman–Crippen LogP) is 3.62. The number of nitrogens with one attached hydrogen (secondary N) is 1. The van der Waals surface area contributed by atoms with Crippen LogP contribution in [0, 0.1) is 0 Å². The minimum absolute atomic E-state index is 0.000875. The molecule has 0 radical (unpaired) electrons. The largest absolute Gasteiger partial charge is 0.465 e. The van der Waals surface area contributed by atoms with Crippen LogP contribution in [0.3, 0.4) is 0 Å². The zero-order valence-electron chi connectivity index (χ0n) is 15.1. The molecule has 1 aromatic carbocycles. The highest BCUT2D eigenvalue weighted by atomic mass is 35.5. The summed E-state index contributed by atoms with van der Waals surface area (Å²) in [6.45, 7) is 0.915. The van der Waals surface area contributed by atoms with Crippen LogP contribution >= 0.6 is 22.9 Å².